The van der Waals surface area contributed by atoms with Crippen molar-refractivity contribution in [3.8, 4) is 0 Å². The Morgan fingerprint density at radius 1 is 1.53 bits per heavy atom. The van der Waals surface area contributed by atoms with E-state index in [4.69, 9.17) is 28.3 Å². The highest BCUT2D eigenvalue weighted by Crippen LogP contribution is 2.30. The molecule has 1 atom stereocenters. The number of hydrogen-bond donors (Lipinski definition) is 3. The van der Waals surface area contributed by atoms with Gasteiger partial charge in [-0.3, -0.25) is 4.79 Å². The summed E-state index contributed by atoms with van der Waals surface area (Å²) in [6.45, 7) is 0.656. The highest BCUT2D eigenvalue weighted by Gasteiger charge is 2.30. The number of aliphatic carboxylic acids is 1. The largest absolute Gasteiger partial charge is 0.479 e. The van der Waals surface area contributed by atoms with E-state index in [0.29, 0.717) is 4.34 Å². The first-order chi connectivity index (χ1) is 7.74. The van der Waals surface area contributed by atoms with Gasteiger partial charge in [-0.1, -0.05) is 23.2 Å². The van der Waals surface area contributed by atoms with Gasteiger partial charge in [-0.25, -0.2) is 4.79 Å². The van der Waals surface area contributed by atoms with Crippen molar-refractivity contribution in [2.24, 2.45) is 0 Å². The minimum Gasteiger partial charge on any atom is -0.479 e. The van der Waals surface area contributed by atoms with Gasteiger partial charge in [-0.2, -0.15) is 0 Å². The summed E-state index contributed by atoms with van der Waals surface area (Å²) < 4.78 is 0.563. The minimum atomic E-state index is -2.03. The fourth-order valence-corrected chi connectivity index (χ4v) is 2.38. The van der Waals surface area contributed by atoms with Crippen molar-refractivity contribution >= 4 is 46.4 Å². The Bertz CT molecular complexity index is 458. The second kappa shape index (κ2) is 5.22. The van der Waals surface area contributed by atoms with Crippen LogP contribution in [0.3, 0.4) is 0 Å². The zero-order valence-corrected chi connectivity index (χ0v) is 11.0. The summed E-state index contributed by atoms with van der Waals surface area (Å²) in [4.78, 5) is 22.2. The van der Waals surface area contributed by atoms with Gasteiger partial charge < -0.3 is 15.5 Å². The number of nitrogens with one attached hydrogen (secondary N) is 1. The van der Waals surface area contributed by atoms with Gasteiger partial charge in [0.15, 0.2) is 5.60 Å². The van der Waals surface area contributed by atoms with Gasteiger partial charge in [0.2, 0.25) is 0 Å². The molecule has 0 aliphatic rings. The average Bonchev–Trinajstić information content (AvgIpc) is 2.54. The van der Waals surface area contributed by atoms with Crippen LogP contribution in [0.5, 0.6) is 0 Å². The second-order valence-electron chi connectivity index (χ2n) is 3.50. The van der Waals surface area contributed by atoms with E-state index in [2.05, 4.69) is 5.32 Å². The maximum Gasteiger partial charge on any atom is 0.337 e. The summed E-state index contributed by atoms with van der Waals surface area (Å²) in [5.41, 5.74) is -1.87. The van der Waals surface area contributed by atoms with Gasteiger partial charge in [0.05, 0.1) is 16.4 Å². The van der Waals surface area contributed by atoms with Crippen molar-refractivity contribution in [3.63, 3.8) is 0 Å². The first-order valence-electron chi connectivity index (χ1n) is 4.43. The highest BCUT2D eigenvalue weighted by molar-refractivity contribution is 7.20. The number of amides is 1. The third kappa shape index (κ3) is 3.57. The topological polar surface area (TPSA) is 86.6 Å². The van der Waals surface area contributed by atoms with Crippen LogP contribution in [0.2, 0.25) is 8.67 Å². The van der Waals surface area contributed by atoms with Gasteiger partial charge in [0.1, 0.15) is 4.34 Å². The Morgan fingerprint density at radius 2 is 2.12 bits per heavy atom. The van der Waals surface area contributed by atoms with Crippen LogP contribution in [0.4, 0.5) is 0 Å². The van der Waals surface area contributed by atoms with Gasteiger partial charge in [0, 0.05) is 0 Å². The van der Waals surface area contributed by atoms with Crippen molar-refractivity contribution in [2.75, 3.05) is 6.54 Å². The van der Waals surface area contributed by atoms with Crippen LogP contribution in [0.1, 0.15) is 17.3 Å². The molecule has 5 nitrogen and oxygen atoms in total. The van der Waals surface area contributed by atoms with E-state index in [1.165, 1.54) is 6.07 Å². The molecule has 0 bridgehead atoms. The molecule has 94 valence electrons. The van der Waals surface area contributed by atoms with Gasteiger partial charge in [0.25, 0.3) is 5.91 Å². The van der Waals surface area contributed by atoms with Gasteiger partial charge in [-0.05, 0) is 13.0 Å². The van der Waals surface area contributed by atoms with Crippen LogP contribution in [-0.2, 0) is 4.79 Å². The number of carbonyl (C=O) groups excluding carboxylic acids is 1. The average molecular weight is 298 g/mol. The van der Waals surface area contributed by atoms with E-state index in [-0.39, 0.29) is 9.90 Å². The molecule has 0 fully saturated rings. The number of halogens is 2. The molecule has 1 amide bonds. The predicted octanol–water partition coefficient (Wildman–Crippen LogP) is 1.62. The van der Waals surface area contributed by atoms with E-state index < -0.39 is 24.0 Å². The van der Waals surface area contributed by atoms with Crippen molar-refractivity contribution in [3.05, 3.63) is 20.3 Å². The lowest BCUT2D eigenvalue weighted by Gasteiger charge is -2.17. The fourth-order valence-electron chi connectivity index (χ4n) is 0.918. The minimum absolute atomic E-state index is 0.155. The molecular weight excluding hydrogens is 289 g/mol. The summed E-state index contributed by atoms with van der Waals surface area (Å²) in [6.07, 6.45) is 0. The van der Waals surface area contributed by atoms with E-state index in [9.17, 15) is 14.7 Å². The first-order valence-corrected chi connectivity index (χ1v) is 6.00. The summed E-state index contributed by atoms with van der Waals surface area (Å²) >= 11 is 12.4. The molecule has 1 aromatic heterocycles. The first kappa shape index (κ1) is 14.2. The van der Waals surface area contributed by atoms with E-state index in [1.54, 1.807) is 0 Å². The highest BCUT2D eigenvalue weighted by atomic mass is 35.5. The number of thiophene rings is 1. The molecule has 3 N–H and O–H groups in total. The Hall–Kier alpha value is -0.820. The lowest BCUT2D eigenvalue weighted by Crippen LogP contribution is -2.46. The monoisotopic (exact) mass is 297 g/mol. The smallest absolute Gasteiger partial charge is 0.337 e. The summed E-state index contributed by atoms with van der Waals surface area (Å²) in [5.74, 6) is -2.01. The molecule has 0 aliphatic heterocycles. The Kier molecular flexibility index (Phi) is 4.37. The maximum atomic E-state index is 11.6. The number of hydrogen-bond acceptors (Lipinski definition) is 4. The summed E-state index contributed by atoms with van der Waals surface area (Å²) in [6, 6.07) is 1.37. The molecule has 0 spiro atoms. The number of aliphatic hydroxyl groups is 1. The lowest BCUT2D eigenvalue weighted by atomic mass is 10.1. The molecule has 0 saturated carbocycles. The molecular formula is C9H9Cl2NO4S. The molecule has 0 saturated heterocycles. The summed E-state index contributed by atoms with van der Waals surface area (Å²) in [7, 11) is 0. The standard InChI is InChI=1S/C9H9Cl2NO4S/c1-9(16,8(14)15)3-12-7(13)4-2-5(10)17-6(4)11/h2,16H,3H2,1H3,(H,12,13)(H,14,15). The number of rotatable bonds is 4. The van der Waals surface area contributed by atoms with Gasteiger partial charge in [-0.15, -0.1) is 11.3 Å². The normalized spacial score (nSPS) is 14.1. The number of carboxylic acid groups (broad SMARTS) is 1. The molecule has 8 heteroatoms. The van der Waals surface area contributed by atoms with Crippen LogP contribution >= 0.6 is 34.5 Å². The molecule has 1 heterocycles. The molecule has 0 radical (unpaired) electrons. The Balaban J connectivity index is 2.68. The molecule has 1 rings (SSSR count). The van der Waals surface area contributed by atoms with Crippen LogP contribution in [-0.4, -0.2) is 34.2 Å². The SMILES string of the molecule is CC(O)(CNC(=O)c1cc(Cl)sc1Cl)C(=O)O. The van der Waals surface area contributed by atoms with E-state index in [1.807, 2.05) is 0 Å². The Morgan fingerprint density at radius 3 is 2.53 bits per heavy atom. The number of carboxylic acids is 1. The molecule has 1 aromatic rings. The maximum absolute atomic E-state index is 11.6. The zero-order valence-electron chi connectivity index (χ0n) is 8.66. The summed E-state index contributed by atoms with van der Waals surface area (Å²) in [5, 5.41) is 20.3. The van der Waals surface area contributed by atoms with Crippen molar-refractivity contribution in [1.29, 1.82) is 0 Å². The van der Waals surface area contributed by atoms with Gasteiger partial charge >= 0.3 is 5.97 Å². The lowest BCUT2D eigenvalue weighted by molar-refractivity contribution is -0.155. The molecule has 0 aliphatic carbocycles. The van der Waals surface area contributed by atoms with Crippen LogP contribution < -0.4 is 5.32 Å². The third-order valence-corrected chi connectivity index (χ3v) is 3.44. The zero-order chi connectivity index (χ0) is 13.2. The third-order valence-electron chi connectivity index (χ3n) is 1.96. The van der Waals surface area contributed by atoms with Crippen molar-refractivity contribution in [1.82, 2.24) is 5.32 Å². The number of carbonyl (C=O) groups is 2. The predicted molar refractivity (Wildman–Crippen MR) is 64.9 cm³/mol. The van der Waals surface area contributed by atoms with E-state index >= 15 is 0 Å². The van der Waals surface area contributed by atoms with E-state index in [0.717, 1.165) is 18.3 Å². The molecule has 0 aromatic carbocycles. The molecule has 1 unspecified atom stereocenters. The second-order valence-corrected chi connectivity index (χ2v) is 5.79. The van der Waals surface area contributed by atoms with Crippen molar-refractivity contribution < 1.29 is 19.8 Å². The van der Waals surface area contributed by atoms with Crippen LogP contribution in [0.15, 0.2) is 6.07 Å². The Labute approximate surface area is 111 Å². The van der Waals surface area contributed by atoms with Crippen LogP contribution in [0.25, 0.3) is 0 Å². The fraction of sp³-hybridized carbons (Fsp3) is 0.333. The van der Waals surface area contributed by atoms with Crippen molar-refractivity contribution in [2.45, 2.75) is 12.5 Å². The van der Waals surface area contributed by atoms with Crippen LogP contribution in [0, 0.1) is 0 Å². The quantitative estimate of drug-likeness (QED) is 0.788. The molecule has 17 heavy (non-hydrogen) atoms.